The van der Waals surface area contributed by atoms with E-state index in [1.165, 1.54) is 0 Å². The largest absolute Gasteiger partial charge is 0.329 e. The van der Waals surface area contributed by atoms with Crippen molar-refractivity contribution in [3.8, 4) is 0 Å². The molecule has 2 rings (SSSR count). The molecule has 0 saturated carbocycles. The Morgan fingerprint density at radius 3 is 2.94 bits per heavy atom. The fourth-order valence-electron chi connectivity index (χ4n) is 1.36. The first-order valence-corrected chi connectivity index (χ1v) is 6.04. The lowest BCUT2D eigenvalue weighted by molar-refractivity contribution is 0.789. The van der Waals surface area contributed by atoms with Crippen molar-refractivity contribution in [1.82, 2.24) is 9.55 Å². The summed E-state index contributed by atoms with van der Waals surface area (Å²) in [6, 6.07) is 5.74. The van der Waals surface area contributed by atoms with Crippen LogP contribution in [0.2, 0.25) is 5.02 Å². The molecule has 0 spiro atoms. The first kappa shape index (κ1) is 11.5. The fourth-order valence-corrected chi connectivity index (χ4v) is 2.47. The summed E-state index contributed by atoms with van der Waals surface area (Å²) >= 11 is 7.52. The SMILES string of the molecule is Cn1ccnc1Sc1ccc(Cl)cc1CN. The van der Waals surface area contributed by atoms with Gasteiger partial charge >= 0.3 is 0 Å². The van der Waals surface area contributed by atoms with E-state index in [1.54, 1.807) is 18.0 Å². The minimum atomic E-state index is 0.479. The van der Waals surface area contributed by atoms with Crippen LogP contribution in [0.3, 0.4) is 0 Å². The maximum absolute atomic E-state index is 5.92. The molecule has 2 aromatic rings. The fraction of sp³-hybridized carbons (Fsp3) is 0.182. The van der Waals surface area contributed by atoms with E-state index >= 15 is 0 Å². The van der Waals surface area contributed by atoms with E-state index in [2.05, 4.69) is 4.98 Å². The molecule has 1 heterocycles. The van der Waals surface area contributed by atoms with Crippen LogP contribution in [-0.4, -0.2) is 9.55 Å². The van der Waals surface area contributed by atoms with Gasteiger partial charge in [-0.25, -0.2) is 4.98 Å². The number of rotatable bonds is 3. The Bertz CT molecular complexity index is 496. The van der Waals surface area contributed by atoms with Crippen LogP contribution in [0.5, 0.6) is 0 Å². The van der Waals surface area contributed by atoms with Crippen molar-refractivity contribution in [3.05, 3.63) is 41.2 Å². The third kappa shape index (κ3) is 2.40. The smallest absolute Gasteiger partial charge is 0.172 e. The van der Waals surface area contributed by atoms with Crippen molar-refractivity contribution in [3.63, 3.8) is 0 Å². The Morgan fingerprint density at radius 2 is 2.31 bits per heavy atom. The van der Waals surface area contributed by atoms with E-state index in [0.29, 0.717) is 11.6 Å². The van der Waals surface area contributed by atoms with Crippen molar-refractivity contribution >= 4 is 23.4 Å². The van der Waals surface area contributed by atoms with Crippen LogP contribution < -0.4 is 5.73 Å². The summed E-state index contributed by atoms with van der Waals surface area (Å²) in [5.74, 6) is 0. The van der Waals surface area contributed by atoms with E-state index in [1.807, 2.05) is 36.0 Å². The van der Waals surface area contributed by atoms with Crippen LogP contribution in [0, 0.1) is 0 Å². The molecule has 16 heavy (non-hydrogen) atoms. The highest BCUT2D eigenvalue weighted by Gasteiger charge is 2.07. The predicted octanol–water partition coefficient (Wildman–Crippen LogP) is 2.68. The first-order valence-electron chi connectivity index (χ1n) is 4.84. The third-order valence-corrected chi connectivity index (χ3v) is 3.65. The van der Waals surface area contributed by atoms with E-state index in [4.69, 9.17) is 17.3 Å². The third-order valence-electron chi connectivity index (χ3n) is 2.22. The number of nitrogens with zero attached hydrogens (tertiary/aromatic N) is 2. The standard InChI is InChI=1S/C11H12ClN3S/c1-15-5-4-14-11(15)16-10-3-2-9(12)6-8(10)7-13/h2-6H,7,13H2,1H3. The van der Waals surface area contributed by atoms with Crippen LogP contribution in [-0.2, 0) is 13.6 Å². The van der Waals surface area contributed by atoms with Gasteiger partial charge in [0.1, 0.15) is 0 Å². The van der Waals surface area contributed by atoms with Gasteiger partial charge in [-0.15, -0.1) is 0 Å². The molecule has 0 saturated heterocycles. The molecule has 3 nitrogen and oxygen atoms in total. The van der Waals surface area contributed by atoms with Gasteiger partial charge in [0.05, 0.1) is 0 Å². The zero-order chi connectivity index (χ0) is 11.5. The summed E-state index contributed by atoms with van der Waals surface area (Å²) in [6.07, 6.45) is 3.70. The summed E-state index contributed by atoms with van der Waals surface area (Å²) in [5.41, 5.74) is 6.73. The van der Waals surface area contributed by atoms with Gasteiger partial charge in [-0.05, 0) is 23.8 Å². The Balaban J connectivity index is 2.31. The molecule has 84 valence electrons. The van der Waals surface area contributed by atoms with Crippen molar-refractivity contribution in [2.24, 2.45) is 12.8 Å². The molecule has 0 unspecified atom stereocenters. The van der Waals surface area contributed by atoms with E-state index < -0.39 is 0 Å². The molecule has 2 N–H and O–H groups in total. The maximum Gasteiger partial charge on any atom is 0.172 e. The summed E-state index contributed by atoms with van der Waals surface area (Å²) < 4.78 is 1.97. The Labute approximate surface area is 104 Å². The second-order valence-corrected chi connectivity index (χ2v) is 4.82. The van der Waals surface area contributed by atoms with Crippen molar-refractivity contribution in [2.75, 3.05) is 0 Å². The lowest BCUT2D eigenvalue weighted by atomic mass is 10.2. The zero-order valence-corrected chi connectivity index (χ0v) is 10.4. The van der Waals surface area contributed by atoms with Crippen molar-refractivity contribution < 1.29 is 0 Å². The molecule has 0 aliphatic carbocycles. The Hall–Kier alpha value is -0.970. The number of hydrogen-bond donors (Lipinski definition) is 1. The highest BCUT2D eigenvalue weighted by atomic mass is 35.5. The monoisotopic (exact) mass is 253 g/mol. The van der Waals surface area contributed by atoms with Gasteiger partial charge in [-0.2, -0.15) is 0 Å². The highest BCUT2D eigenvalue weighted by molar-refractivity contribution is 7.99. The molecule has 0 radical (unpaired) electrons. The van der Waals surface area contributed by atoms with Gasteiger partial charge in [-0.3, -0.25) is 0 Å². The lowest BCUT2D eigenvalue weighted by Gasteiger charge is -2.07. The van der Waals surface area contributed by atoms with Gasteiger partial charge in [0.2, 0.25) is 0 Å². The number of imidazole rings is 1. The van der Waals surface area contributed by atoms with E-state index in [9.17, 15) is 0 Å². The van der Waals surface area contributed by atoms with Crippen LogP contribution in [0.1, 0.15) is 5.56 Å². The van der Waals surface area contributed by atoms with E-state index in [0.717, 1.165) is 15.6 Å². The molecular formula is C11H12ClN3S. The number of aryl methyl sites for hydroxylation is 1. The Kier molecular flexibility index (Phi) is 3.53. The van der Waals surface area contributed by atoms with Gasteiger partial charge in [0.25, 0.3) is 0 Å². The molecular weight excluding hydrogens is 242 g/mol. The topological polar surface area (TPSA) is 43.8 Å². The average Bonchev–Trinajstić information content (AvgIpc) is 2.67. The maximum atomic E-state index is 5.92. The van der Waals surface area contributed by atoms with Gasteiger partial charge in [0.15, 0.2) is 5.16 Å². The van der Waals surface area contributed by atoms with Crippen LogP contribution in [0.4, 0.5) is 0 Å². The molecule has 0 aliphatic heterocycles. The number of hydrogen-bond acceptors (Lipinski definition) is 3. The highest BCUT2D eigenvalue weighted by Crippen LogP contribution is 2.30. The summed E-state index contributed by atoms with van der Waals surface area (Å²) in [7, 11) is 1.97. The number of nitrogens with two attached hydrogens (primary N) is 1. The predicted molar refractivity (Wildman–Crippen MR) is 66.7 cm³/mol. The molecule has 0 bridgehead atoms. The lowest BCUT2D eigenvalue weighted by Crippen LogP contribution is -1.99. The molecule has 5 heteroatoms. The molecule has 0 fully saturated rings. The van der Waals surface area contributed by atoms with E-state index in [-0.39, 0.29) is 0 Å². The van der Waals surface area contributed by atoms with Gasteiger partial charge < -0.3 is 10.3 Å². The number of halogens is 1. The molecule has 0 amide bonds. The normalized spacial score (nSPS) is 10.7. The van der Waals surface area contributed by atoms with Gasteiger partial charge in [0, 0.05) is 35.9 Å². The summed E-state index contributed by atoms with van der Waals surface area (Å²) in [5, 5.41) is 1.65. The average molecular weight is 254 g/mol. The molecule has 0 atom stereocenters. The van der Waals surface area contributed by atoms with Crippen LogP contribution in [0.25, 0.3) is 0 Å². The van der Waals surface area contributed by atoms with Crippen LogP contribution in [0.15, 0.2) is 40.6 Å². The second-order valence-electron chi connectivity index (χ2n) is 3.38. The van der Waals surface area contributed by atoms with Crippen molar-refractivity contribution in [2.45, 2.75) is 16.6 Å². The van der Waals surface area contributed by atoms with Crippen molar-refractivity contribution in [1.29, 1.82) is 0 Å². The minimum Gasteiger partial charge on any atom is -0.329 e. The summed E-state index contributed by atoms with van der Waals surface area (Å²) in [4.78, 5) is 5.36. The summed E-state index contributed by atoms with van der Waals surface area (Å²) in [6.45, 7) is 0.479. The first-order chi connectivity index (χ1) is 7.70. The molecule has 1 aromatic carbocycles. The Morgan fingerprint density at radius 1 is 1.50 bits per heavy atom. The zero-order valence-electron chi connectivity index (χ0n) is 8.85. The molecule has 1 aromatic heterocycles. The van der Waals surface area contributed by atoms with Crippen LogP contribution >= 0.6 is 23.4 Å². The number of benzene rings is 1. The second kappa shape index (κ2) is 4.91. The molecule has 0 aliphatic rings. The minimum absolute atomic E-state index is 0.479. The quantitative estimate of drug-likeness (QED) is 0.915. The number of aromatic nitrogens is 2. The van der Waals surface area contributed by atoms with Gasteiger partial charge in [-0.1, -0.05) is 23.4 Å².